The van der Waals surface area contributed by atoms with Crippen LogP contribution < -0.4 is 5.73 Å². The maximum Gasteiger partial charge on any atom is 0.0941 e. The van der Waals surface area contributed by atoms with E-state index in [0.29, 0.717) is 12.6 Å². The molecule has 20 heavy (non-hydrogen) atoms. The molecule has 0 amide bonds. The van der Waals surface area contributed by atoms with Crippen molar-refractivity contribution in [1.82, 2.24) is 14.8 Å². The molecule has 1 unspecified atom stereocenters. The third-order valence-electron chi connectivity index (χ3n) is 4.15. The molecular formula is C14H24N4OS. The second kappa shape index (κ2) is 6.95. The molecule has 2 N–H and O–H groups in total. The smallest absolute Gasteiger partial charge is 0.0941 e. The van der Waals surface area contributed by atoms with E-state index >= 15 is 0 Å². The first-order valence-corrected chi connectivity index (χ1v) is 8.40. The van der Waals surface area contributed by atoms with Crippen LogP contribution in [-0.4, -0.2) is 66.8 Å². The Kier molecular flexibility index (Phi) is 5.01. The zero-order chi connectivity index (χ0) is 13.8. The molecule has 3 heterocycles. The van der Waals surface area contributed by atoms with E-state index in [9.17, 15) is 0 Å². The molecule has 0 bridgehead atoms. The SMILES string of the molecule is NCCc1nc(CN2CCC(N3CCOCC3)C2)cs1. The van der Waals surface area contributed by atoms with Gasteiger partial charge in [-0.2, -0.15) is 0 Å². The molecule has 1 atom stereocenters. The van der Waals surface area contributed by atoms with E-state index in [1.807, 2.05) is 0 Å². The average Bonchev–Trinajstić information content (AvgIpc) is 3.11. The van der Waals surface area contributed by atoms with Gasteiger partial charge in [0, 0.05) is 50.6 Å². The number of likely N-dealkylation sites (tertiary alicyclic amines) is 1. The van der Waals surface area contributed by atoms with Gasteiger partial charge in [-0.1, -0.05) is 0 Å². The van der Waals surface area contributed by atoms with Gasteiger partial charge in [0.05, 0.1) is 23.9 Å². The Morgan fingerprint density at radius 1 is 1.35 bits per heavy atom. The van der Waals surface area contributed by atoms with Crippen molar-refractivity contribution in [3.05, 3.63) is 16.1 Å². The molecular weight excluding hydrogens is 272 g/mol. The van der Waals surface area contributed by atoms with Gasteiger partial charge < -0.3 is 10.5 Å². The number of nitrogens with zero attached hydrogens (tertiary/aromatic N) is 3. The first-order chi connectivity index (χ1) is 9.85. The Balaban J connectivity index is 1.49. The zero-order valence-electron chi connectivity index (χ0n) is 12.0. The number of rotatable bonds is 5. The van der Waals surface area contributed by atoms with Crippen molar-refractivity contribution in [3.63, 3.8) is 0 Å². The molecule has 0 saturated carbocycles. The number of hydrogen-bond donors (Lipinski definition) is 1. The second-order valence-corrected chi connectivity index (χ2v) is 6.54. The van der Waals surface area contributed by atoms with Crippen molar-refractivity contribution in [2.45, 2.75) is 25.4 Å². The highest BCUT2D eigenvalue weighted by atomic mass is 32.1. The van der Waals surface area contributed by atoms with Crippen LogP contribution in [0.25, 0.3) is 0 Å². The number of ether oxygens (including phenoxy) is 1. The van der Waals surface area contributed by atoms with Crippen LogP contribution >= 0.6 is 11.3 Å². The summed E-state index contributed by atoms with van der Waals surface area (Å²) in [5, 5.41) is 3.36. The standard InChI is InChI=1S/C14H24N4OS/c15-3-1-14-16-12(11-20-14)9-17-4-2-13(10-17)18-5-7-19-8-6-18/h11,13H,1-10,15H2. The third kappa shape index (κ3) is 3.56. The molecule has 2 saturated heterocycles. The quantitative estimate of drug-likeness (QED) is 0.860. The molecule has 1 aromatic heterocycles. The van der Waals surface area contributed by atoms with Gasteiger partial charge in [-0.3, -0.25) is 9.80 Å². The van der Waals surface area contributed by atoms with Crippen molar-refractivity contribution in [2.75, 3.05) is 45.9 Å². The number of morpholine rings is 1. The molecule has 3 rings (SSSR count). The number of hydrogen-bond acceptors (Lipinski definition) is 6. The molecule has 0 aliphatic carbocycles. The lowest BCUT2D eigenvalue weighted by atomic mass is 10.2. The van der Waals surface area contributed by atoms with Gasteiger partial charge in [0.1, 0.15) is 0 Å². The van der Waals surface area contributed by atoms with Crippen molar-refractivity contribution in [1.29, 1.82) is 0 Å². The van der Waals surface area contributed by atoms with E-state index in [4.69, 9.17) is 10.5 Å². The minimum absolute atomic E-state index is 0.690. The second-order valence-electron chi connectivity index (χ2n) is 5.60. The number of nitrogens with two attached hydrogens (primary N) is 1. The van der Waals surface area contributed by atoms with Gasteiger partial charge in [-0.25, -0.2) is 4.98 Å². The fourth-order valence-corrected chi connectivity index (χ4v) is 3.89. The summed E-state index contributed by atoms with van der Waals surface area (Å²) in [5.74, 6) is 0. The first kappa shape index (κ1) is 14.4. The molecule has 2 aliphatic heterocycles. The van der Waals surface area contributed by atoms with Crippen LogP contribution in [0.1, 0.15) is 17.1 Å². The van der Waals surface area contributed by atoms with E-state index in [1.54, 1.807) is 11.3 Å². The van der Waals surface area contributed by atoms with E-state index < -0.39 is 0 Å². The van der Waals surface area contributed by atoms with Crippen LogP contribution in [0.5, 0.6) is 0 Å². The highest BCUT2D eigenvalue weighted by molar-refractivity contribution is 7.09. The molecule has 112 valence electrons. The fraction of sp³-hybridized carbons (Fsp3) is 0.786. The Morgan fingerprint density at radius 2 is 2.20 bits per heavy atom. The van der Waals surface area contributed by atoms with Gasteiger partial charge in [0.2, 0.25) is 0 Å². The molecule has 6 heteroatoms. The van der Waals surface area contributed by atoms with Crippen molar-refractivity contribution < 1.29 is 4.74 Å². The van der Waals surface area contributed by atoms with Crippen LogP contribution in [0, 0.1) is 0 Å². The summed E-state index contributed by atoms with van der Waals surface area (Å²) in [6.07, 6.45) is 2.18. The van der Waals surface area contributed by atoms with E-state index in [1.165, 1.54) is 30.2 Å². The summed E-state index contributed by atoms with van der Waals surface area (Å²) in [5.41, 5.74) is 6.78. The minimum Gasteiger partial charge on any atom is -0.379 e. The summed E-state index contributed by atoms with van der Waals surface area (Å²) in [4.78, 5) is 9.78. The fourth-order valence-electron chi connectivity index (χ4n) is 3.09. The van der Waals surface area contributed by atoms with Gasteiger partial charge >= 0.3 is 0 Å². The lowest BCUT2D eigenvalue weighted by Crippen LogP contribution is -2.44. The Labute approximate surface area is 124 Å². The van der Waals surface area contributed by atoms with Crippen LogP contribution in [-0.2, 0) is 17.7 Å². The van der Waals surface area contributed by atoms with Crippen molar-refractivity contribution >= 4 is 11.3 Å². The van der Waals surface area contributed by atoms with Crippen LogP contribution in [0.3, 0.4) is 0 Å². The highest BCUT2D eigenvalue weighted by Crippen LogP contribution is 2.20. The minimum atomic E-state index is 0.690. The van der Waals surface area contributed by atoms with Gasteiger partial charge in [0.25, 0.3) is 0 Å². The predicted octanol–water partition coefficient (Wildman–Crippen LogP) is 0.551. The highest BCUT2D eigenvalue weighted by Gasteiger charge is 2.28. The molecule has 1 aromatic rings. The molecule has 2 aliphatic rings. The average molecular weight is 296 g/mol. The largest absolute Gasteiger partial charge is 0.379 e. The van der Waals surface area contributed by atoms with Gasteiger partial charge in [-0.05, 0) is 13.0 Å². The molecule has 0 spiro atoms. The normalized spacial score (nSPS) is 25.4. The molecule has 5 nitrogen and oxygen atoms in total. The first-order valence-electron chi connectivity index (χ1n) is 7.52. The van der Waals surface area contributed by atoms with Crippen molar-refractivity contribution in [3.8, 4) is 0 Å². The van der Waals surface area contributed by atoms with E-state index in [2.05, 4.69) is 20.2 Å². The third-order valence-corrected chi connectivity index (χ3v) is 5.11. The molecule has 0 radical (unpaired) electrons. The lowest BCUT2D eigenvalue weighted by molar-refractivity contribution is 0.0183. The van der Waals surface area contributed by atoms with E-state index in [-0.39, 0.29) is 0 Å². The number of thiazole rings is 1. The monoisotopic (exact) mass is 296 g/mol. The Hall–Kier alpha value is -0.530. The maximum absolute atomic E-state index is 5.57. The topological polar surface area (TPSA) is 54.6 Å². The Bertz CT molecular complexity index is 419. The molecule has 0 aromatic carbocycles. The van der Waals surface area contributed by atoms with Gasteiger partial charge in [-0.15, -0.1) is 11.3 Å². The summed E-state index contributed by atoms with van der Waals surface area (Å²) in [7, 11) is 0. The maximum atomic E-state index is 5.57. The molecule has 2 fully saturated rings. The number of aromatic nitrogens is 1. The summed E-state index contributed by atoms with van der Waals surface area (Å²) in [6.45, 7) is 8.01. The van der Waals surface area contributed by atoms with Crippen LogP contribution in [0.2, 0.25) is 0 Å². The van der Waals surface area contributed by atoms with Gasteiger partial charge in [0.15, 0.2) is 0 Å². The lowest BCUT2D eigenvalue weighted by Gasteiger charge is -2.32. The van der Waals surface area contributed by atoms with Crippen molar-refractivity contribution in [2.24, 2.45) is 5.73 Å². The van der Waals surface area contributed by atoms with Crippen LogP contribution in [0.4, 0.5) is 0 Å². The van der Waals surface area contributed by atoms with Crippen LogP contribution in [0.15, 0.2) is 5.38 Å². The zero-order valence-corrected chi connectivity index (χ0v) is 12.8. The summed E-state index contributed by atoms with van der Waals surface area (Å²) in [6, 6.07) is 0.709. The summed E-state index contributed by atoms with van der Waals surface area (Å²) >= 11 is 1.74. The summed E-state index contributed by atoms with van der Waals surface area (Å²) < 4.78 is 5.43. The van der Waals surface area contributed by atoms with E-state index in [0.717, 1.165) is 39.3 Å². The Morgan fingerprint density at radius 3 is 3.00 bits per heavy atom. The predicted molar refractivity (Wildman–Crippen MR) is 80.9 cm³/mol.